The summed E-state index contributed by atoms with van der Waals surface area (Å²) in [4.78, 5) is 5.32. The van der Waals surface area contributed by atoms with Crippen LogP contribution in [0.15, 0.2) is 24.3 Å². The summed E-state index contributed by atoms with van der Waals surface area (Å²) >= 11 is 6.10. The lowest BCUT2D eigenvalue weighted by atomic mass is 10.1. The topological polar surface area (TPSA) is 0 Å². The molecule has 0 radical (unpaired) electrons. The maximum absolute atomic E-state index is 3.05. The van der Waals surface area contributed by atoms with E-state index >= 15 is 0 Å². The molecule has 0 heterocycles. The van der Waals surface area contributed by atoms with Crippen molar-refractivity contribution in [2.24, 2.45) is 0 Å². The summed E-state index contributed by atoms with van der Waals surface area (Å²) in [7, 11) is 0. The molecular weight excluding hydrogens is 280 g/mol. The Hall–Kier alpha value is -0.700. The molecule has 0 unspecified atom stereocenters. The van der Waals surface area contributed by atoms with Crippen LogP contribution in [0.3, 0.4) is 0 Å². The van der Waals surface area contributed by atoms with E-state index in [9.17, 15) is 0 Å². The Morgan fingerprint density at radius 1 is 0.833 bits per heavy atom. The normalized spacial score (nSPS) is 7.50. The van der Waals surface area contributed by atoms with Crippen LogP contribution in [-0.4, -0.2) is 0 Å². The van der Waals surface area contributed by atoms with Gasteiger partial charge in [-0.05, 0) is 21.8 Å². The van der Waals surface area contributed by atoms with E-state index in [0.717, 1.165) is 11.1 Å². The Balaban J connectivity index is 3.20. The first kappa shape index (κ1) is 9.39. The fourth-order valence-corrected chi connectivity index (χ4v) is 1.23. The summed E-state index contributed by atoms with van der Waals surface area (Å²) in [6.07, 6.45) is 0. The van der Waals surface area contributed by atoms with Gasteiger partial charge in [-0.15, -0.1) is 0 Å². The molecule has 0 atom stereocenters. The minimum atomic E-state index is 0.932. The maximum Gasteiger partial charge on any atom is 0.0411 e. The minimum Gasteiger partial charge on any atom is -0.0609 e. The summed E-state index contributed by atoms with van der Waals surface area (Å²) < 4.78 is 0. The lowest BCUT2D eigenvalue weighted by Gasteiger charge is -1.92. The fourth-order valence-electron chi connectivity index (χ4n) is 0.803. The molecule has 0 aliphatic rings. The van der Waals surface area contributed by atoms with Gasteiger partial charge in [0.15, 0.2) is 0 Å². The van der Waals surface area contributed by atoms with E-state index in [4.69, 9.17) is 0 Å². The highest BCUT2D eigenvalue weighted by molar-refractivity contribution is 9.12. The van der Waals surface area contributed by atoms with Gasteiger partial charge in [0.25, 0.3) is 0 Å². The molecule has 1 rings (SSSR count). The van der Waals surface area contributed by atoms with Gasteiger partial charge in [-0.3, -0.25) is 0 Å². The van der Waals surface area contributed by atoms with E-state index in [0.29, 0.717) is 0 Å². The fraction of sp³-hybridized carbons (Fsp3) is 0. The molecule has 0 spiro atoms. The van der Waals surface area contributed by atoms with Crippen molar-refractivity contribution in [3.05, 3.63) is 35.4 Å². The summed E-state index contributed by atoms with van der Waals surface area (Å²) in [6.45, 7) is 0. The Kier molecular flexibility index (Phi) is 3.94. The zero-order valence-corrected chi connectivity index (χ0v) is 9.24. The van der Waals surface area contributed by atoms with Gasteiger partial charge in [-0.2, -0.15) is 0 Å². The third kappa shape index (κ3) is 2.41. The smallest absolute Gasteiger partial charge is 0.0411 e. The van der Waals surface area contributed by atoms with Crippen molar-refractivity contribution in [1.82, 2.24) is 0 Å². The van der Waals surface area contributed by atoms with Gasteiger partial charge in [-0.1, -0.05) is 24.0 Å². The van der Waals surface area contributed by atoms with Crippen LogP contribution in [0, 0.1) is 21.5 Å². The zero-order chi connectivity index (χ0) is 8.81. The van der Waals surface area contributed by atoms with Gasteiger partial charge in [0.2, 0.25) is 0 Å². The van der Waals surface area contributed by atoms with Crippen molar-refractivity contribution >= 4 is 31.9 Å². The molecule has 12 heavy (non-hydrogen) atoms. The molecule has 0 aromatic heterocycles. The average molecular weight is 284 g/mol. The van der Waals surface area contributed by atoms with Crippen molar-refractivity contribution < 1.29 is 0 Å². The predicted octanol–water partition coefficient (Wildman–Crippen LogP) is 3.09. The van der Waals surface area contributed by atoms with Crippen LogP contribution in [0.2, 0.25) is 0 Å². The Bertz CT molecular complexity index is 347. The Morgan fingerprint density at radius 2 is 1.25 bits per heavy atom. The molecule has 58 valence electrons. The number of hydrogen-bond donors (Lipinski definition) is 0. The number of benzene rings is 1. The third-order valence-corrected chi connectivity index (χ3v) is 1.69. The minimum absolute atomic E-state index is 0.932. The van der Waals surface area contributed by atoms with Crippen LogP contribution in [0.5, 0.6) is 0 Å². The summed E-state index contributed by atoms with van der Waals surface area (Å²) in [5.74, 6) is 5.81. The quantitative estimate of drug-likeness (QED) is 0.642. The average Bonchev–Trinajstić information content (AvgIpc) is 2.09. The van der Waals surface area contributed by atoms with Crippen molar-refractivity contribution in [3.63, 3.8) is 0 Å². The first-order chi connectivity index (χ1) is 5.88. The van der Waals surface area contributed by atoms with Crippen molar-refractivity contribution in [1.29, 1.82) is 0 Å². The second-order valence-electron chi connectivity index (χ2n) is 1.98. The lowest BCUT2D eigenvalue weighted by molar-refractivity contribution is 1.59. The van der Waals surface area contributed by atoms with Gasteiger partial charge in [0.1, 0.15) is 0 Å². The molecule has 1 aromatic carbocycles. The van der Waals surface area contributed by atoms with Crippen molar-refractivity contribution in [2.45, 2.75) is 0 Å². The van der Waals surface area contributed by atoms with E-state index in [1.807, 2.05) is 24.3 Å². The van der Waals surface area contributed by atoms with Gasteiger partial charge in [-0.25, -0.2) is 0 Å². The molecule has 0 nitrogen and oxygen atoms in total. The van der Waals surface area contributed by atoms with Crippen LogP contribution in [0.25, 0.3) is 0 Å². The summed E-state index contributed by atoms with van der Waals surface area (Å²) in [6, 6.07) is 7.74. The Morgan fingerprint density at radius 3 is 1.58 bits per heavy atom. The molecule has 0 N–H and O–H groups in total. The predicted molar refractivity (Wildman–Crippen MR) is 58.1 cm³/mol. The van der Waals surface area contributed by atoms with Gasteiger partial charge in [0, 0.05) is 43.0 Å². The summed E-state index contributed by atoms with van der Waals surface area (Å²) in [5, 5.41) is 0. The van der Waals surface area contributed by atoms with E-state index in [-0.39, 0.29) is 0 Å². The van der Waals surface area contributed by atoms with Crippen LogP contribution < -0.4 is 0 Å². The van der Waals surface area contributed by atoms with Crippen LogP contribution in [0.1, 0.15) is 11.1 Å². The van der Waals surface area contributed by atoms with Crippen LogP contribution in [-0.2, 0) is 0 Å². The van der Waals surface area contributed by atoms with Crippen LogP contribution >= 0.6 is 31.9 Å². The van der Waals surface area contributed by atoms with E-state index in [1.54, 1.807) is 0 Å². The van der Waals surface area contributed by atoms with E-state index < -0.39 is 0 Å². The van der Waals surface area contributed by atoms with Crippen LogP contribution in [0.4, 0.5) is 0 Å². The standard InChI is InChI=1S/C10H4Br2/c11-7-5-9-3-1-2-4-10(9)6-8-12/h1-4H. The Labute approximate surface area is 88.6 Å². The molecule has 0 fully saturated rings. The van der Waals surface area contributed by atoms with Gasteiger partial charge >= 0.3 is 0 Å². The van der Waals surface area contributed by atoms with Gasteiger partial charge < -0.3 is 0 Å². The lowest BCUT2D eigenvalue weighted by Crippen LogP contribution is -1.80. The SMILES string of the molecule is BrC#Cc1ccccc1C#CBr. The highest BCUT2D eigenvalue weighted by atomic mass is 79.9. The van der Waals surface area contributed by atoms with E-state index in [2.05, 4.69) is 53.4 Å². The number of rotatable bonds is 0. The maximum atomic E-state index is 3.05. The largest absolute Gasteiger partial charge is 0.0609 e. The molecule has 1 aromatic rings. The molecule has 0 aliphatic heterocycles. The van der Waals surface area contributed by atoms with E-state index in [1.165, 1.54) is 0 Å². The third-order valence-electron chi connectivity index (χ3n) is 1.29. The summed E-state index contributed by atoms with van der Waals surface area (Å²) in [5.41, 5.74) is 1.86. The highest BCUT2D eigenvalue weighted by Gasteiger charge is 1.92. The molecular formula is C10H4Br2. The molecule has 0 aliphatic carbocycles. The first-order valence-electron chi connectivity index (χ1n) is 3.21. The van der Waals surface area contributed by atoms with Gasteiger partial charge in [0.05, 0.1) is 0 Å². The molecule has 0 bridgehead atoms. The van der Waals surface area contributed by atoms with Crippen molar-refractivity contribution in [2.75, 3.05) is 0 Å². The first-order valence-corrected chi connectivity index (χ1v) is 4.79. The second kappa shape index (κ2) is 5.04. The zero-order valence-electron chi connectivity index (χ0n) is 6.07. The number of halogens is 2. The van der Waals surface area contributed by atoms with Crippen molar-refractivity contribution in [3.8, 4) is 21.5 Å². The highest BCUT2D eigenvalue weighted by Crippen LogP contribution is 2.05. The second-order valence-corrected chi connectivity index (χ2v) is 2.78. The molecule has 0 saturated heterocycles. The molecule has 0 amide bonds. The monoisotopic (exact) mass is 282 g/mol. The molecule has 2 heteroatoms. The number of hydrogen-bond acceptors (Lipinski definition) is 0. The molecule has 0 saturated carbocycles.